The van der Waals surface area contributed by atoms with E-state index in [1.165, 1.54) is 5.56 Å². The van der Waals surface area contributed by atoms with Crippen molar-refractivity contribution in [3.63, 3.8) is 0 Å². The summed E-state index contributed by atoms with van der Waals surface area (Å²) in [7, 11) is 0. The molecule has 3 nitrogen and oxygen atoms in total. The van der Waals surface area contributed by atoms with E-state index in [0.717, 1.165) is 16.6 Å². The fourth-order valence-corrected chi connectivity index (χ4v) is 1.55. The molecule has 2 aromatic rings. The van der Waals surface area contributed by atoms with Crippen LogP contribution in [0.2, 0.25) is 0 Å². The second-order valence-electron chi connectivity index (χ2n) is 3.78. The van der Waals surface area contributed by atoms with Crippen LogP contribution in [0.4, 0.5) is 0 Å². The Kier molecular flexibility index (Phi) is 2.46. The molecule has 0 fully saturated rings. The molecule has 0 aliphatic heterocycles. The number of aromatic nitrogens is 2. The maximum absolute atomic E-state index is 10.9. The standard InChI is InChI=1S/C12H12N2O/c1-8-3-4-12-10(5-8)7-11(13-14-12)6-9(2)15/h3-5,7H,6H2,1-2H3. The van der Waals surface area contributed by atoms with Gasteiger partial charge in [-0.05, 0) is 32.0 Å². The summed E-state index contributed by atoms with van der Waals surface area (Å²) in [5.41, 5.74) is 2.79. The van der Waals surface area contributed by atoms with Gasteiger partial charge in [0.05, 0.1) is 17.6 Å². The van der Waals surface area contributed by atoms with Crippen molar-refractivity contribution in [1.82, 2.24) is 10.2 Å². The molecule has 0 saturated heterocycles. The van der Waals surface area contributed by atoms with Crippen molar-refractivity contribution in [2.75, 3.05) is 0 Å². The van der Waals surface area contributed by atoms with Gasteiger partial charge in [0.2, 0.25) is 0 Å². The van der Waals surface area contributed by atoms with E-state index in [-0.39, 0.29) is 5.78 Å². The largest absolute Gasteiger partial charge is 0.300 e. The number of nitrogens with zero attached hydrogens (tertiary/aromatic N) is 2. The minimum atomic E-state index is 0.108. The zero-order valence-corrected chi connectivity index (χ0v) is 8.82. The first-order valence-electron chi connectivity index (χ1n) is 4.87. The Morgan fingerprint density at radius 3 is 2.80 bits per heavy atom. The molecule has 0 radical (unpaired) electrons. The Morgan fingerprint density at radius 2 is 2.07 bits per heavy atom. The van der Waals surface area contributed by atoms with Crippen molar-refractivity contribution in [2.24, 2.45) is 0 Å². The smallest absolute Gasteiger partial charge is 0.135 e. The maximum Gasteiger partial charge on any atom is 0.135 e. The molecule has 1 aromatic carbocycles. The summed E-state index contributed by atoms with van der Waals surface area (Å²) < 4.78 is 0. The van der Waals surface area contributed by atoms with E-state index in [2.05, 4.69) is 10.2 Å². The third-order valence-electron chi connectivity index (χ3n) is 2.22. The lowest BCUT2D eigenvalue weighted by atomic mass is 10.1. The lowest BCUT2D eigenvalue weighted by molar-refractivity contribution is -0.116. The van der Waals surface area contributed by atoms with Gasteiger partial charge in [0.15, 0.2) is 0 Å². The highest BCUT2D eigenvalue weighted by Crippen LogP contribution is 2.13. The molecular weight excluding hydrogens is 188 g/mol. The van der Waals surface area contributed by atoms with Crippen LogP contribution in [0, 0.1) is 6.92 Å². The summed E-state index contributed by atoms with van der Waals surface area (Å²) in [6.07, 6.45) is 0.358. The summed E-state index contributed by atoms with van der Waals surface area (Å²) in [4.78, 5) is 10.9. The number of fused-ring (bicyclic) bond motifs is 1. The molecule has 0 spiro atoms. The van der Waals surface area contributed by atoms with Crippen LogP contribution in [0.15, 0.2) is 24.3 Å². The fraction of sp³-hybridized carbons (Fsp3) is 0.250. The number of carbonyl (C=O) groups excluding carboxylic acids is 1. The normalized spacial score (nSPS) is 10.5. The Hall–Kier alpha value is -1.77. The molecule has 1 heterocycles. The molecule has 0 unspecified atom stereocenters. The number of benzene rings is 1. The van der Waals surface area contributed by atoms with Gasteiger partial charge in [-0.15, -0.1) is 0 Å². The van der Waals surface area contributed by atoms with Gasteiger partial charge in [-0.25, -0.2) is 0 Å². The average Bonchev–Trinajstić information content (AvgIpc) is 2.16. The highest BCUT2D eigenvalue weighted by molar-refractivity contribution is 5.81. The first-order chi connectivity index (χ1) is 7.15. The SMILES string of the molecule is CC(=O)Cc1cc2cc(C)ccc2nn1. The summed E-state index contributed by atoms with van der Waals surface area (Å²) in [6.45, 7) is 3.59. The van der Waals surface area contributed by atoms with Crippen molar-refractivity contribution in [2.45, 2.75) is 20.3 Å². The van der Waals surface area contributed by atoms with Gasteiger partial charge in [0.1, 0.15) is 5.78 Å². The van der Waals surface area contributed by atoms with E-state index in [0.29, 0.717) is 6.42 Å². The third-order valence-corrected chi connectivity index (χ3v) is 2.22. The zero-order chi connectivity index (χ0) is 10.8. The van der Waals surface area contributed by atoms with Gasteiger partial charge in [0, 0.05) is 5.39 Å². The highest BCUT2D eigenvalue weighted by atomic mass is 16.1. The van der Waals surface area contributed by atoms with Crippen LogP contribution in [0.1, 0.15) is 18.2 Å². The van der Waals surface area contributed by atoms with Gasteiger partial charge >= 0.3 is 0 Å². The van der Waals surface area contributed by atoms with Crippen molar-refractivity contribution in [3.05, 3.63) is 35.5 Å². The van der Waals surface area contributed by atoms with Gasteiger partial charge in [-0.1, -0.05) is 11.6 Å². The van der Waals surface area contributed by atoms with E-state index < -0.39 is 0 Å². The predicted molar refractivity (Wildman–Crippen MR) is 58.7 cm³/mol. The van der Waals surface area contributed by atoms with Gasteiger partial charge in [-0.2, -0.15) is 10.2 Å². The quantitative estimate of drug-likeness (QED) is 0.745. The van der Waals surface area contributed by atoms with Crippen LogP contribution < -0.4 is 0 Å². The minimum Gasteiger partial charge on any atom is -0.300 e. The Balaban J connectivity index is 2.49. The summed E-state index contributed by atoms with van der Waals surface area (Å²) in [6, 6.07) is 7.92. The number of hydrogen-bond acceptors (Lipinski definition) is 3. The number of hydrogen-bond donors (Lipinski definition) is 0. The topological polar surface area (TPSA) is 42.9 Å². The molecule has 15 heavy (non-hydrogen) atoms. The van der Waals surface area contributed by atoms with Crippen LogP contribution in [-0.2, 0) is 11.2 Å². The maximum atomic E-state index is 10.9. The third kappa shape index (κ3) is 2.18. The van der Waals surface area contributed by atoms with Crippen LogP contribution in [-0.4, -0.2) is 16.0 Å². The van der Waals surface area contributed by atoms with Crippen molar-refractivity contribution in [1.29, 1.82) is 0 Å². The second-order valence-corrected chi connectivity index (χ2v) is 3.78. The molecule has 0 aliphatic carbocycles. The molecule has 0 bridgehead atoms. The zero-order valence-electron chi connectivity index (χ0n) is 8.82. The second kappa shape index (κ2) is 3.77. The Morgan fingerprint density at radius 1 is 1.27 bits per heavy atom. The van der Waals surface area contributed by atoms with Crippen LogP contribution in [0.25, 0.3) is 10.9 Å². The minimum absolute atomic E-state index is 0.108. The molecular formula is C12H12N2O. The van der Waals surface area contributed by atoms with E-state index in [4.69, 9.17) is 0 Å². The molecule has 0 saturated carbocycles. The molecule has 0 N–H and O–H groups in total. The lowest BCUT2D eigenvalue weighted by Crippen LogP contribution is -2.00. The molecule has 0 atom stereocenters. The lowest BCUT2D eigenvalue weighted by Gasteiger charge is -2.00. The number of aryl methyl sites for hydroxylation is 1. The first-order valence-corrected chi connectivity index (χ1v) is 4.87. The van der Waals surface area contributed by atoms with E-state index in [1.807, 2.05) is 31.2 Å². The number of carbonyl (C=O) groups is 1. The molecule has 0 amide bonds. The predicted octanol–water partition coefficient (Wildman–Crippen LogP) is 2.07. The molecule has 2 rings (SSSR count). The number of Topliss-reactive ketones (excluding diaryl/α,β-unsaturated/α-hetero) is 1. The van der Waals surface area contributed by atoms with Gasteiger partial charge in [0.25, 0.3) is 0 Å². The number of rotatable bonds is 2. The van der Waals surface area contributed by atoms with Gasteiger partial charge < -0.3 is 0 Å². The van der Waals surface area contributed by atoms with E-state index >= 15 is 0 Å². The van der Waals surface area contributed by atoms with Gasteiger partial charge in [-0.3, -0.25) is 4.79 Å². The van der Waals surface area contributed by atoms with Crippen LogP contribution >= 0.6 is 0 Å². The highest BCUT2D eigenvalue weighted by Gasteiger charge is 2.02. The number of ketones is 1. The molecule has 1 aromatic heterocycles. The average molecular weight is 200 g/mol. The Labute approximate surface area is 88.1 Å². The monoisotopic (exact) mass is 200 g/mol. The molecule has 76 valence electrons. The van der Waals surface area contributed by atoms with Crippen molar-refractivity contribution in [3.8, 4) is 0 Å². The first kappa shape index (κ1) is 9.77. The summed E-state index contributed by atoms with van der Waals surface area (Å²) in [5.74, 6) is 0.108. The van der Waals surface area contributed by atoms with E-state index in [1.54, 1.807) is 6.92 Å². The Bertz CT molecular complexity index is 520. The van der Waals surface area contributed by atoms with Crippen molar-refractivity contribution < 1.29 is 4.79 Å². The van der Waals surface area contributed by atoms with Crippen LogP contribution in [0.5, 0.6) is 0 Å². The van der Waals surface area contributed by atoms with Crippen LogP contribution in [0.3, 0.4) is 0 Å². The molecule has 0 aliphatic rings. The molecule has 3 heteroatoms. The summed E-state index contributed by atoms with van der Waals surface area (Å²) >= 11 is 0. The summed E-state index contributed by atoms with van der Waals surface area (Å²) in [5, 5.41) is 9.12. The van der Waals surface area contributed by atoms with Crippen molar-refractivity contribution >= 4 is 16.7 Å². The van der Waals surface area contributed by atoms with E-state index in [9.17, 15) is 4.79 Å². The fourth-order valence-electron chi connectivity index (χ4n) is 1.55.